The van der Waals surface area contributed by atoms with E-state index >= 15 is 0 Å². The van der Waals surface area contributed by atoms with Gasteiger partial charge in [0.1, 0.15) is 24.7 Å². The summed E-state index contributed by atoms with van der Waals surface area (Å²) >= 11 is 0. The number of aromatic hydroxyl groups is 1. The van der Waals surface area contributed by atoms with E-state index in [1.807, 2.05) is 19.1 Å². The topological polar surface area (TPSA) is 114 Å². The van der Waals surface area contributed by atoms with Gasteiger partial charge in [0.05, 0.1) is 12.2 Å². The van der Waals surface area contributed by atoms with Crippen LogP contribution in [0.25, 0.3) is 10.8 Å². The molecule has 1 amide bonds. The number of carbonyl (C=O) groups is 2. The molecule has 218 valence electrons. The van der Waals surface area contributed by atoms with E-state index < -0.39 is 18.5 Å². The number of aliphatic carboxylic acids is 1. The van der Waals surface area contributed by atoms with Gasteiger partial charge in [0.25, 0.3) is 5.91 Å². The average Bonchev–Trinajstić information content (AvgIpc) is 2.91. The largest absolute Gasteiger partial charge is 0.506 e. The zero-order valence-electron chi connectivity index (χ0n) is 23.8. The van der Waals surface area contributed by atoms with Gasteiger partial charge in [-0.3, -0.25) is 4.79 Å². The van der Waals surface area contributed by atoms with Crippen molar-refractivity contribution in [3.8, 4) is 11.5 Å². The molecule has 0 saturated heterocycles. The Balaban J connectivity index is 1.72. The van der Waals surface area contributed by atoms with Crippen molar-refractivity contribution >= 4 is 22.6 Å². The highest BCUT2D eigenvalue weighted by Gasteiger charge is 2.19. The lowest BCUT2D eigenvalue weighted by atomic mass is 10.00. The summed E-state index contributed by atoms with van der Waals surface area (Å²) in [6, 6.07) is 6.97. The second-order valence-electron chi connectivity index (χ2n) is 9.97. The van der Waals surface area contributed by atoms with E-state index in [9.17, 15) is 14.7 Å². The molecule has 0 spiro atoms. The van der Waals surface area contributed by atoms with Crippen molar-refractivity contribution in [3.05, 3.63) is 35.4 Å². The maximum atomic E-state index is 12.9. The summed E-state index contributed by atoms with van der Waals surface area (Å²) in [5.74, 6) is -1.11. The van der Waals surface area contributed by atoms with Crippen molar-refractivity contribution in [3.63, 3.8) is 0 Å². The summed E-state index contributed by atoms with van der Waals surface area (Å²) in [6.07, 6.45) is 13.6. The van der Waals surface area contributed by atoms with Crippen LogP contribution < -0.4 is 10.1 Å². The third-order valence-electron chi connectivity index (χ3n) is 6.65. The van der Waals surface area contributed by atoms with Crippen molar-refractivity contribution in [1.82, 2.24) is 5.32 Å². The number of carbonyl (C=O) groups excluding carboxylic acids is 1. The van der Waals surface area contributed by atoms with Crippen molar-refractivity contribution < 1.29 is 34.0 Å². The van der Waals surface area contributed by atoms with Crippen LogP contribution in [0.3, 0.4) is 0 Å². The number of benzene rings is 2. The van der Waals surface area contributed by atoms with Crippen LogP contribution in [-0.2, 0) is 14.3 Å². The zero-order valence-corrected chi connectivity index (χ0v) is 23.8. The van der Waals surface area contributed by atoms with E-state index in [0.717, 1.165) is 18.6 Å². The highest BCUT2D eigenvalue weighted by molar-refractivity contribution is 6.06. The third kappa shape index (κ3) is 12.3. The smallest absolute Gasteiger partial charge is 0.329 e. The molecular formula is C31H47NO7. The molecule has 3 N–H and O–H groups in total. The standard InChI is InChI=1S/C31H47NO7/c1-3-4-5-6-7-8-9-10-11-12-18-37-19-14-17-32-31(36)26-22-27(39-21-20-38-23-28(33)34)29-24(2)15-13-16-25(29)30(26)35/h13,15-16,22,35H,3-12,14,17-21,23H2,1-2H3,(H,32,36)(H,33,34). The Labute approximate surface area is 233 Å². The van der Waals surface area contributed by atoms with Crippen LogP contribution in [0.5, 0.6) is 11.5 Å². The summed E-state index contributed by atoms with van der Waals surface area (Å²) in [5.41, 5.74) is 1.01. The van der Waals surface area contributed by atoms with Crippen molar-refractivity contribution in [2.75, 3.05) is 39.6 Å². The molecule has 0 aromatic heterocycles. The quantitative estimate of drug-likeness (QED) is 0.147. The van der Waals surface area contributed by atoms with Crippen LogP contribution in [0.4, 0.5) is 0 Å². The van der Waals surface area contributed by atoms with Gasteiger partial charge in [-0.15, -0.1) is 0 Å². The van der Waals surface area contributed by atoms with E-state index in [2.05, 4.69) is 12.2 Å². The van der Waals surface area contributed by atoms with Crippen molar-refractivity contribution in [2.45, 2.75) is 84.5 Å². The molecule has 8 heteroatoms. The molecule has 39 heavy (non-hydrogen) atoms. The fraction of sp³-hybridized carbons (Fsp3) is 0.613. The molecule has 8 nitrogen and oxygen atoms in total. The van der Waals surface area contributed by atoms with Gasteiger partial charge in [-0.1, -0.05) is 82.9 Å². The van der Waals surface area contributed by atoms with E-state index in [1.54, 1.807) is 6.07 Å². The van der Waals surface area contributed by atoms with Gasteiger partial charge in [0, 0.05) is 30.5 Å². The summed E-state index contributed by atoms with van der Waals surface area (Å²) in [5, 5.41) is 23.6. The van der Waals surface area contributed by atoms with Gasteiger partial charge in [0.15, 0.2) is 0 Å². The first kappa shape index (κ1) is 32.4. The molecule has 0 radical (unpaired) electrons. The molecule has 0 atom stereocenters. The second-order valence-corrected chi connectivity index (χ2v) is 9.97. The van der Waals surface area contributed by atoms with E-state index in [-0.39, 0.29) is 24.5 Å². The molecule has 0 fully saturated rings. The fourth-order valence-electron chi connectivity index (χ4n) is 4.53. The Morgan fingerprint density at radius 3 is 2.21 bits per heavy atom. The molecule has 2 rings (SSSR count). The lowest BCUT2D eigenvalue weighted by molar-refractivity contribution is -0.142. The van der Waals surface area contributed by atoms with Gasteiger partial charge in [-0.2, -0.15) is 0 Å². The predicted octanol–water partition coefficient (Wildman–Crippen LogP) is 6.39. The molecule has 0 saturated carbocycles. The number of phenolic OH excluding ortho intramolecular Hbond substituents is 1. The number of rotatable bonds is 22. The number of unbranched alkanes of at least 4 members (excludes halogenated alkanes) is 9. The maximum Gasteiger partial charge on any atom is 0.329 e. The fourth-order valence-corrected chi connectivity index (χ4v) is 4.53. The molecule has 0 heterocycles. The van der Waals surface area contributed by atoms with Crippen LogP contribution in [0, 0.1) is 6.92 Å². The molecular weight excluding hydrogens is 498 g/mol. The Hall–Kier alpha value is -2.84. The first-order chi connectivity index (χ1) is 19.0. The van der Waals surface area contributed by atoms with Crippen molar-refractivity contribution in [1.29, 1.82) is 0 Å². The van der Waals surface area contributed by atoms with Gasteiger partial charge in [-0.05, 0) is 31.4 Å². The lowest BCUT2D eigenvalue weighted by Gasteiger charge is -2.16. The molecule has 0 aliphatic rings. The van der Waals surface area contributed by atoms with Gasteiger partial charge < -0.3 is 29.7 Å². The Morgan fingerprint density at radius 2 is 1.51 bits per heavy atom. The third-order valence-corrected chi connectivity index (χ3v) is 6.65. The average molecular weight is 546 g/mol. The minimum absolute atomic E-state index is 0.0845. The zero-order chi connectivity index (χ0) is 28.3. The number of fused-ring (bicyclic) bond motifs is 1. The number of phenols is 1. The number of hydrogen-bond donors (Lipinski definition) is 3. The minimum Gasteiger partial charge on any atom is -0.506 e. The Kier molecular flexibility index (Phi) is 16.0. The monoisotopic (exact) mass is 545 g/mol. The number of amides is 1. The minimum atomic E-state index is -1.05. The predicted molar refractivity (Wildman–Crippen MR) is 154 cm³/mol. The summed E-state index contributed by atoms with van der Waals surface area (Å²) in [6.45, 7) is 5.68. The number of ether oxygens (including phenoxy) is 3. The van der Waals surface area contributed by atoms with Crippen LogP contribution in [0.2, 0.25) is 0 Å². The number of carboxylic acid groups (broad SMARTS) is 1. The van der Waals surface area contributed by atoms with Crippen LogP contribution in [0.1, 0.15) is 93.5 Å². The van der Waals surface area contributed by atoms with Crippen molar-refractivity contribution in [2.24, 2.45) is 0 Å². The molecule has 0 aliphatic carbocycles. The maximum absolute atomic E-state index is 12.9. The molecule has 2 aromatic rings. The van der Waals surface area contributed by atoms with E-state index in [4.69, 9.17) is 19.3 Å². The summed E-state index contributed by atoms with van der Waals surface area (Å²) < 4.78 is 16.6. The molecule has 0 unspecified atom stereocenters. The number of nitrogens with one attached hydrogen (secondary N) is 1. The number of carboxylic acids is 1. The summed E-state index contributed by atoms with van der Waals surface area (Å²) in [4.78, 5) is 23.5. The van der Waals surface area contributed by atoms with E-state index in [1.165, 1.54) is 63.9 Å². The first-order valence-electron chi connectivity index (χ1n) is 14.5. The summed E-state index contributed by atoms with van der Waals surface area (Å²) in [7, 11) is 0. The normalized spacial score (nSPS) is 11.1. The van der Waals surface area contributed by atoms with Crippen LogP contribution in [-0.4, -0.2) is 61.7 Å². The lowest BCUT2D eigenvalue weighted by Crippen LogP contribution is -2.25. The van der Waals surface area contributed by atoms with Crippen LogP contribution in [0.15, 0.2) is 24.3 Å². The molecule has 0 aliphatic heterocycles. The van der Waals surface area contributed by atoms with Gasteiger partial charge >= 0.3 is 5.97 Å². The molecule has 2 aromatic carbocycles. The Bertz CT molecular complexity index is 1010. The van der Waals surface area contributed by atoms with Gasteiger partial charge in [-0.25, -0.2) is 4.79 Å². The number of aryl methyl sites for hydroxylation is 1. The van der Waals surface area contributed by atoms with E-state index in [0.29, 0.717) is 36.1 Å². The Morgan fingerprint density at radius 1 is 0.846 bits per heavy atom. The SMILES string of the molecule is CCCCCCCCCCCCOCCCNC(=O)c1cc(OCCOCC(=O)O)c2c(C)cccc2c1O. The first-order valence-corrected chi connectivity index (χ1v) is 14.5. The van der Waals surface area contributed by atoms with Gasteiger partial charge in [0.2, 0.25) is 0 Å². The van der Waals surface area contributed by atoms with Crippen LogP contribution >= 0.6 is 0 Å². The number of hydrogen-bond acceptors (Lipinski definition) is 6. The highest BCUT2D eigenvalue weighted by Crippen LogP contribution is 2.38. The second kappa shape index (κ2) is 19.3. The molecule has 0 bridgehead atoms. The highest BCUT2D eigenvalue weighted by atomic mass is 16.5.